The first-order valence-corrected chi connectivity index (χ1v) is 26.3. The molecular weight excluding hydrogens is 830 g/mol. The maximum Gasteiger partial charge on any atom is 0.306 e. The van der Waals surface area contributed by atoms with Crippen LogP contribution in [0.5, 0.6) is 0 Å². The van der Waals surface area contributed by atoms with Crippen molar-refractivity contribution in [3.8, 4) is 0 Å². The van der Waals surface area contributed by atoms with Crippen molar-refractivity contribution in [2.45, 2.75) is 232 Å². The van der Waals surface area contributed by atoms with Crippen LogP contribution in [-0.4, -0.2) is 65.1 Å². The minimum absolute atomic E-state index is 0.0143. The summed E-state index contributed by atoms with van der Waals surface area (Å²) in [5, 5.41) is 6.49. The fraction of sp³-hybridized carbons (Fsp3) is 0.894. The lowest BCUT2D eigenvalue weighted by atomic mass is 10.0. The van der Waals surface area contributed by atoms with Crippen LogP contribution in [0.15, 0.2) is 11.6 Å². The Labute approximate surface area is 363 Å². The third-order valence-corrected chi connectivity index (χ3v) is 12.4. The van der Waals surface area contributed by atoms with Gasteiger partial charge >= 0.3 is 11.9 Å². The van der Waals surface area contributed by atoms with Crippen molar-refractivity contribution in [2.24, 2.45) is 0 Å². The summed E-state index contributed by atoms with van der Waals surface area (Å²) in [6.45, 7) is 9.45. The standard InChI is InChI=1S/C47H88IN3O4S/c1-3-5-7-9-11-22-30-42-54-45(52)34-25-17-13-20-28-39-51(41-31-37-49-47-50-38-43-56-47)40-29-21-14-18-26-35-46(53)55-44(32-23-15-10-8-6-4-2)33-24-16-12-19-27-36-48/h38,43-44H,3-37,39-42H2,1-2H3,(H,49,50). The predicted octanol–water partition coefficient (Wildman–Crippen LogP) is 14.7. The van der Waals surface area contributed by atoms with Gasteiger partial charge in [0.1, 0.15) is 6.10 Å². The summed E-state index contributed by atoms with van der Waals surface area (Å²) in [5.74, 6) is 0.0154. The SMILES string of the molecule is CCCCCCCCCOC(=O)CCCCCCCN(CCCCCCCC(=O)OC(CCCCCCCC)CCCCCCCI)CCCNc1nccs1. The van der Waals surface area contributed by atoms with Crippen molar-refractivity contribution < 1.29 is 19.1 Å². The maximum atomic E-state index is 12.8. The van der Waals surface area contributed by atoms with Crippen LogP contribution in [0.2, 0.25) is 0 Å². The number of nitrogens with zero attached hydrogens (tertiary/aromatic N) is 2. The smallest absolute Gasteiger partial charge is 0.306 e. The molecule has 0 saturated heterocycles. The fourth-order valence-electron chi connectivity index (χ4n) is 7.39. The Morgan fingerprint density at radius 2 is 1.11 bits per heavy atom. The highest BCUT2D eigenvalue weighted by Crippen LogP contribution is 2.19. The molecule has 1 atom stereocenters. The molecule has 1 aromatic rings. The van der Waals surface area contributed by atoms with Crippen LogP contribution in [0.25, 0.3) is 0 Å². The summed E-state index contributed by atoms with van der Waals surface area (Å²) in [7, 11) is 0. The first-order chi connectivity index (χ1) is 27.6. The van der Waals surface area contributed by atoms with Gasteiger partial charge in [-0.2, -0.15) is 0 Å². The predicted molar refractivity (Wildman–Crippen MR) is 250 cm³/mol. The summed E-state index contributed by atoms with van der Waals surface area (Å²) >= 11 is 4.13. The molecule has 1 unspecified atom stereocenters. The van der Waals surface area contributed by atoms with Crippen molar-refractivity contribution >= 4 is 51.0 Å². The van der Waals surface area contributed by atoms with Gasteiger partial charge < -0.3 is 19.7 Å². The first kappa shape index (κ1) is 53.1. The lowest BCUT2D eigenvalue weighted by Gasteiger charge is -2.22. The van der Waals surface area contributed by atoms with Crippen molar-refractivity contribution in [3.05, 3.63) is 11.6 Å². The lowest BCUT2D eigenvalue weighted by Crippen LogP contribution is -2.28. The van der Waals surface area contributed by atoms with Gasteiger partial charge in [0.25, 0.3) is 0 Å². The van der Waals surface area contributed by atoms with E-state index < -0.39 is 0 Å². The highest BCUT2D eigenvalue weighted by atomic mass is 127. The van der Waals surface area contributed by atoms with E-state index in [9.17, 15) is 9.59 Å². The van der Waals surface area contributed by atoms with E-state index in [4.69, 9.17) is 9.47 Å². The molecule has 0 fully saturated rings. The average Bonchev–Trinajstić information content (AvgIpc) is 3.72. The van der Waals surface area contributed by atoms with Gasteiger partial charge in [-0.25, -0.2) is 4.98 Å². The Balaban J connectivity index is 2.26. The Kier molecular flexibility index (Phi) is 40.0. The highest BCUT2D eigenvalue weighted by Gasteiger charge is 2.14. The van der Waals surface area contributed by atoms with Gasteiger partial charge in [-0.3, -0.25) is 9.59 Å². The monoisotopic (exact) mass is 918 g/mol. The molecule has 1 N–H and O–H groups in total. The van der Waals surface area contributed by atoms with Crippen LogP contribution in [0.4, 0.5) is 5.13 Å². The largest absolute Gasteiger partial charge is 0.466 e. The molecule has 9 heteroatoms. The third kappa shape index (κ3) is 36.2. The van der Waals surface area contributed by atoms with E-state index in [-0.39, 0.29) is 18.0 Å². The molecule has 0 bridgehead atoms. The number of carbonyl (C=O) groups is 2. The number of unbranched alkanes of at least 4 members (excludes halogenated alkanes) is 23. The van der Waals surface area contributed by atoms with Crippen LogP contribution in [0.3, 0.4) is 0 Å². The molecule has 0 aliphatic carbocycles. The highest BCUT2D eigenvalue weighted by molar-refractivity contribution is 14.1. The second-order valence-corrected chi connectivity index (χ2v) is 18.2. The number of nitrogens with one attached hydrogen (secondary N) is 1. The summed E-state index contributed by atoms with van der Waals surface area (Å²) < 4.78 is 12.8. The van der Waals surface area contributed by atoms with Crippen molar-refractivity contribution in [1.82, 2.24) is 9.88 Å². The Bertz CT molecular complexity index is 953. The molecule has 56 heavy (non-hydrogen) atoms. The van der Waals surface area contributed by atoms with Gasteiger partial charge in [0.2, 0.25) is 0 Å². The average molecular weight is 918 g/mol. The third-order valence-electron chi connectivity index (χ3n) is 10.9. The van der Waals surface area contributed by atoms with Crippen molar-refractivity contribution in [2.75, 3.05) is 42.5 Å². The molecule has 0 amide bonds. The second kappa shape index (κ2) is 42.2. The van der Waals surface area contributed by atoms with Gasteiger partial charge in [0.05, 0.1) is 6.61 Å². The molecular formula is C47H88IN3O4S. The molecule has 0 aliphatic heterocycles. The molecule has 0 aliphatic rings. The van der Waals surface area contributed by atoms with E-state index in [1.165, 1.54) is 152 Å². The van der Waals surface area contributed by atoms with E-state index in [2.05, 4.69) is 51.6 Å². The number of aromatic nitrogens is 1. The number of ether oxygens (including phenoxy) is 2. The molecule has 0 saturated carbocycles. The van der Waals surface area contributed by atoms with Gasteiger partial charge in [-0.1, -0.05) is 165 Å². The van der Waals surface area contributed by atoms with E-state index in [0.29, 0.717) is 19.4 Å². The summed E-state index contributed by atoms with van der Waals surface area (Å²) in [6, 6.07) is 0. The van der Waals surface area contributed by atoms with Crippen LogP contribution in [0.1, 0.15) is 226 Å². The molecule has 1 heterocycles. The minimum atomic E-state index is -0.0143. The van der Waals surface area contributed by atoms with Crippen molar-refractivity contribution in [1.29, 1.82) is 0 Å². The summed E-state index contributed by atoms with van der Waals surface area (Å²) in [6.07, 6.45) is 40.5. The second-order valence-electron chi connectivity index (χ2n) is 16.3. The number of thiazole rings is 1. The molecule has 0 aromatic carbocycles. The zero-order valence-electron chi connectivity index (χ0n) is 36.6. The lowest BCUT2D eigenvalue weighted by molar-refractivity contribution is -0.150. The van der Waals surface area contributed by atoms with Gasteiger partial charge in [-0.05, 0) is 94.7 Å². The van der Waals surface area contributed by atoms with E-state index in [1.54, 1.807) is 11.3 Å². The van der Waals surface area contributed by atoms with E-state index in [0.717, 1.165) is 82.7 Å². The number of hydrogen-bond donors (Lipinski definition) is 1. The molecule has 1 aromatic heterocycles. The first-order valence-electron chi connectivity index (χ1n) is 23.9. The zero-order chi connectivity index (χ0) is 40.4. The van der Waals surface area contributed by atoms with Crippen LogP contribution < -0.4 is 5.32 Å². The van der Waals surface area contributed by atoms with Crippen LogP contribution in [-0.2, 0) is 19.1 Å². The summed E-state index contributed by atoms with van der Waals surface area (Å²) in [4.78, 5) is 31.9. The fourth-order valence-corrected chi connectivity index (χ4v) is 8.48. The number of anilines is 1. The number of alkyl halides is 1. The molecule has 7 nitrogen and oxygen atoms in total. The van der Waals surface area contributed by atoms with E-state index in [1.807, 2.05) is 11.6 Å². The van der Waals surface area contributed by atoms with Crippen LogP contribution >= 0.6 is 33.9 Å². The van der Waals surface area contributed by atoms with Gasteiger partial charge in [0, 0.05) is 31.0 Å². The van der Waals surface area contributed by atoms with Crippen LogP contribution in [0, 0.1) is 0 Å². The maximum absolute atomic E-state index is 12.8. The summed E-state index contributed by atoms with van der Waals surface area (Å²) in [5.41, 5.74) is 0. The number of halogens is 1. The quantitative estimate of drug-likeness (QED) is 0.0302. The minimum Gasteiger partial charge on any atom is -0.466 e. The molecule has 328 valence electrons. The molecule has 1 rings (SSSR count). The topological polar surface area (TPSA) is 80.8 Å². The van der Waals surface area contributed by atoms with E-state index >= 15 is 0 Å². The number of hydrogen-bond acceptors (Lipinski definition) is 8. The Hall–Kier alpha value is -0.940. The normalized spacial score (nSPS) is 12.0. The van der Waals surface area contributed by atoms with Gasteiger partial charge in [-0.15, -0.1) is 11.3 Å². The Morgan fingerprint density at radius 3 is 1.66 bits per heavy atom. The number of esters is 2. The molecule has 0 radical (unpaired) electrons. The Morgan fingerprint density at radius 1 is 0.625 bits per heavy atom. The molecule has 0 spiro atoms. The van der Waals surface area contributed by atoms with Crippen molar-refractivity contribution in [3.63, 3.8) is 0 Å². The van der Waals surface area contributed by atoms with Gasteiger partial charge in [0.15, 0.2) is 5.13 Å². The number of rotatable bonds is 44. The number of carbonyl (C=O) groups excluding carboxylic acids is 2. The zero-order valence-corrected chi connectivity index (χ0v) is 39.6.